The van der Waals surface area contributed by atoms with Gasteiger partial charge in [-0.1, -0.05) is 25.5 Å². The molecule has 0 saturated carbocycles. The van der Waals surface area contributed by atoms with E-state index in [1.807, 2.05) is 18.2 Å². The highest BCUT2D eigenvalue weighted by atomic mass is 32.2. The first kappa shape index (κ1) is 13.0. The maximum Gasteiger partial charge on any atom is 0.261 e. The smallest absolute Gasteiger partial charge is 0.261 e. The second-order valence-corrected chi connectivity index (χ2v) is 5.43. The maximum atomic E-state index is 11.9. The number of nitrogens with one attached hydrogen (secondary N) is 1. The summed E-state index contributed by atoms with van der Waals surface area (Å²) in [4.78, 5) is 16.4. The van der Waals surface area contributed by atoms with E-state index in [-0.39, 0.29) is 5.91 Å². The lowest BCUT2D eigenvalue weighted by atomic mass is 10.3. The van der Waals surface area contributed by atoms with Gasteiger partial charge in [0.15, 0.2) is 0 Å². The van der Waals surface area contributed by atoms with Crippen LogP contribution < -0.4 is 10.7 Å². The lowest BCUT2D eigenvalue weighted by molar-refractivity contribution is -0.116. The Morgan fingerprint density at radius 1 is 1.44 bits per heavy atom. The predicted octanol–water partition coefficient (Wildman–Crippen LogP) is 2.07. The maximum absolute atomic E-state index is 11.9. The summed E-state index contributed by atoms with van der Waals surface area (Å²) < 4.78 is 10.9. The van der Waals surface area contributed by atoms with Crippen LogP contribution in [0.5, 0.6) is 0 Å². The van der Waals surface area contributed by atoms with Crippen LogP contribution in [0.25, 0.3) is 0 Å². The molecule has 0 bridgehead atoms. The molecule has 4 nitrogen and oxygen atoms in total. The summed E-state index contributed by atoms with van der Waals surface area (Å²) in [7, 11) is -1.18. The molecule has 0 saturated heterocycles. The van der Waals surface area contributed by atoms with E-state index in [2.05, 4.69) is 17.2 Å². The van der Waals surface area contributed by atoms with Gasteiger partial charge in [-0.2, -0.15) is 0 Å². The molecule has 5 heteroatoms. The summed E-state index contributed by atoms with van der Waals surface area (Å²) in [5.74, 6) is -0.229. The van der Waals surface area contributed by atoms with E-state index in [1.54, 1.807) is 6.07 Å². The minimum atomic E-state index is -1.18. The molecule has 96 valence electrons. The number of benzene rings is 1. The Morgan fingerprint density at radius 3 is 3.00 bits per heavy atom. The number of carbonyl (C=O) groups is 1. The molecule has 18 heavy (non-hydrogen) atoms. The normalized spacial score (nSPS) is 17.4. The van der Waals surface area contributed by atoms with Gasteiger partial charge in [0.1, 0.15) is 4.91 Å². The van der Waals surface area contributed by atoms with Crippen molar-refractivity contribution in [3.8, 4) is 0 Å². The Balaban J connectivity index is 2.25. The van der Waals surface area contributed by atoms with Crippen molar-refractivity contribution in [1.29, 1.82) is 0 Å². The number of rotatable bonds is 4. The Hall–Kier alpha value is -1.46. The highest BCUT2D eigenvalue weighted by molar-refractivity contribution is 8.08. The van der Waals surface area contributed by atoms with Crippen molar-refractivity contribution in [2.75, 3.05) is 6.54 Å². The van der Waals surface area contributed by atoms with Gasteiger partial charge >= 0.3 is 0 Å². The van der Waals surface area contributed by atoms with Crippen LogP contribution >= 0.6 is 10.8 Å². The minimum absolute atomic E-state index is 0.229. The fraction of sp³-hybridized carbons (Fsp3) is 0.308. The van der Waals surface area contributed by atoms with Crippen LogP contribution in [-0.2, 0) is 4.79 Å². The third-order valence-corrected chi connectivity index (χ3v) is 4.11. The summed E-state index contributed by atoms with van der Waals surface area (Å²) in [5, 5.41) is 3.52. The van der Waals surface area contributed by atoms with Gasteiger partial charge in [0.2, 0.25) is 0 Å². The topological polar surface area (TPSA) is 61.7 Å². The van der Waals surface area contributed by atoms with E-state index >= 15 is 0 Å². The molecular formula is C13H16N2O2S. The van der Waals surface area contributed by atoms with Gasteiger partial charge in [-0.25, -0.2) is 0 Å². The number of carbonyl (C=O) groups excluding carboxylic acids is 1. The van der Waals surface area contributed by atoms with Crippen LogP contribution in [0.15, 0.2) is 40.4 Å². The van der Waals surface area contributed by atoms with E-state index in [1.165, 1.54) is 6.20 Å². The van der Waals surface area contributed by atoms with Gasteiger partial charge in [-0.3, -0.25) is 9.79 Å². The lowest BCUT2D eigenvalue weighted by Crippen LogP contribution is -2.26. The standard InChI is InChI=1S/C13H16N2O2S/c1-2-3-8-14-13(16)12-9-15-10-6-4-5-7-11(10)18(12)17/h4-7,9,17H,2-3,8H2,1H3,(H,14,16). The second-order valence-electron chi connectivity index (χ2n) is 3.98. The molecule has 1 unspecified atom stereocenters. The van der Waals surface area contributed by atoms with Gasteiger partial charge in [0, 0.05) is 12.7 Å². The fourth-order valence-electron chi connectivity index (χ4n) is 1.64. The van der Waals surface area contributed by atoms with Gasteiger partial charge in [-0.05, 0) is 29.3 Å². The van der Waals surface area contributed by atoms with Crippen molar-refractivity contribution in [1.82, 2.24) is 5.32 Å². The molecule has 0 fully saturated rings. The molecule has 0 radical (unpaired) electrons. The van der Waals surface area contributed by atoms with Gasteiger partial charge in [0.05, 0.1) is 9.87 Å². The number of amides is 1. The number of hydrogen-bond donors (Lipinski definition) is 2. The van der Waals surface area contributed by atoms with Gasteiger partial charge < -0.3 is 9.87 Å². The van der Waals surface area contributed by atoms with Crippen molar-refractivity contribution in [3.63, 3.8) is 0 Å². The summed E-state index contributed by atoms with van der Waals surface area (Å²) in [5.41, 5.74) is 0. The van der Waals surface area contributed by atoms with E-state index in [0.29, 0.717) is 16.0 Å². The van der Waals surface area contributed by atoms with E-state index < -0.39 is 10.8 Å². The molecule has 1 aromatic carbocycles. The van der Waals surface area contributed by atoms with Gasteiger partial charge in [-0.15, -0.1) is 0 Å². The first-order valence-electron chi connectivity index (χ1n) is 5.95. The molecule has 1 amide bonds. The van der Waals surface area contributed by atoms with Crippen LogP contribution in [0.1, 0.15) is 19.8 Å². The summed E-state index contributed by atoms with van der Waals surface area (Å²) in [6.45, 7) is 2.69. The number of unbranched alkanes of at least 4 members (excludes halogenated alkanes) is 1. The highest BCUT2D eigenvalue weighted by Gasteiger charge is 2.15. The third kappa shape index (κ3) is 2.68. The molecule has 2 N–H and O–H groups in total. The van der Waals surface area contributed by atoms with Crippen molar-refractivity contribution in [2.24, 2.45) is 4.99 Å². The van der Waals surface area contributed by atoms with Crippen LogP contribution in [0.4, 0.5) is 0 Å². The molecule has 0 aliphatic carbocycles. The van der Waals surface area contributed by atoms with E-state index in [9.17, 15) is 9.35 Å². The van der Waals surface area contributed by atoms with Crippen LogP contribution in [0.2, 0.25) is 0 Å². The van der Waals surface area contributed by atoms with Crippen LogP contribution in [-0.4, -0.2) is 17.0 Å². The van der Waals surface area contributed by atoms with E-state index in [4.69, 9.17) is 0 Å². The second kappa shape index (κ2) is 5.93. The molecule has 1 aromatic rings. The minimum Gasteiger partial charge on any atom is -0.351 e. The zero-order valence-electron chi connectivity index (χ0n) is 10.2. The van der Waals surface area contributed by atoms with Gasteiger partial charge in [0.25, 0.3) is 5.91 Å². The number of fused-ring (bicyclic) bond motifs is 1. The zero-order valence-corrected chi connectivity index (χ0v) is 11.0. The number of hydrogen-bond acceptors (Lipinski definition) is 3. The van der Waals surface area contributed by atoms with Crippen LogP contribution in [0, 0.1) is 4.51 Å². The fourth-order valence-corrected chi connectivity index (χ4v) is 2.80. The molecule has 1 aliphatic heterocycles. The molecule has 1 atom stereocenters. The van der Waals surface area contributed by atoms with Crippen molar-refractivity contribution < 1.29 is 9.35 Å². The number of nitrogens with zero attached hydrogens (tertiary/aromatic N) is 1. The summed E-state index contributed by atoms with van der Waals surface area (Å²) in [6.07, 6.45) is 3.43. The lowest BCUT2D eigenvalue weighted by Gasteiger charge is -2.10. The third-order valence-electron chi connectivity index (χ3n) is 2.64. The van der Waals surface area contributed by atoms with Crippen molar-refractivity contribution in [3.05, 3.63) is 45.2 Å². The largest absolute Gasteiger partial charge is 0.351 e. The summed E-state index contributed by atoms with van der Waals surface area (Å²) >= 11 is 0. The average molecular weight is 264 g/mol. The Kier molecular flexibility index (Phi) is 4.28. The van der Waals surface area contributed by atoms with Crippen molar-refractivity contribution >= 4 is 16.7 Å². The predicted molar refractivity (Wildman–Crippen MR) is 72.7 cm³/mol. The Bertz CT molecular complexity index is 608. The molecule has 2 rings (SSSR count). The first-order chi connectivity index (χ1) is 8.74. The molecule has 1 heterocycles. The summed E-state index contributed by atoms with van der Waals surface area (Å²) in [6, 6.07) is 7.32. The molecule has 0 aromatic heterocycles. The average Bonchev–Trinajstić information content (AvgIpc) is 2.39. The highest BCUT2D eigenvalue weighted by Crippen LogP contribution is 2.25. The molecular weight excluding hydrogens is 248 g/mol. The molecule has 1 aliphatic rings. The van der Waals surface area contributed by atoms with E-state index in [0.717, 1.165) is 18.2 Å². The monoisotopic (exact) mass is 264 g/mol. The zero-order chi connectivity index (χ0) is 13.0. The van der Waals surface area contributed by atoms with Crippen molar-refractivity contribution in [2.45, 2.75) is 19.8 Å². The Morgan fingerprint density at radius 2 is 2.22 bits per heavy atom. The first-order valence-corrected chi connectivity index (χ1v) is 7.14. The number of para-hydroxylation sites is 1. The quantitative estimate of drug-likeness (QED) is 0.646. The SMILES string of the molecule is CCCCNC(=O)C1=CN=c2ccccc2=S1O. The molecule has 0 spiro atoms. The van der Waals surface area contributed by atoms with Crippen LogP contribution in [0.3, 0.4) is 0 Å². The Labute approximate surface area is 108 Å².